The second-order valence-electron chi connectivity index (χ2n) is 7.13. The lowest BCUT2D eigenvalue weighted by atomic mass is 10.3. The van der Waals surface area contributed by atoms with Gasteiger partial charge in [-0.2, -0.15) is 0 Å². The van der Waals surface area contributed by atoms with Crippen LogP contribution in [-0.2, 0) is 9.47 Å². The summed E-state index contributed by atoms with van der Waals surface area (Å²) in [6, 6.07) is 6.22. The molecule has 0 aliphatic carbocycles. The zero-order chi connectivity index (χ0) is 19.2. The highest BCUT2D eigenvalue weighted by molar-refractivity contribution is 7.80. The van der Waals surface area contributed by atoms with Gasteiger partial charge in [0.1, 0.15) is 13.1 Å². The van der Waals surface area contributed by atoms with Crippen LogP contribution in [-0.4, -0.2) is 75.8 Å². The van der Waals surface area contributed by atoms with Gasteiger partial charge in [0.05, 0.1) is 43.2 Å². The largest absolute Gasteiger partial charge is 0.378 e. The van der Waals surface area contributed by atoms with Crippen molar-refractivity contribution in [1.82, 2.24) is 10.3 Å². The molecule has 0 spiro atoms. The number of ether oxygens (including phenoxy) is 2. The third-order valence-electron chi connectivity index (χ3n) is 5.11. The smallest absolute Gasteiger partial charge is 0.186 e. The number of morpholine rings is 2. The van der Waals surface area contributed by atoms with E-state index in [9.17, 15) is 0 Å². The van der Waals surface area contributed by atoms with Crippen molar-refractivity contribution in [2.24, 2.45) is 0 Å². The minimum atomic E-state index is 0.675. The summed E-state index contributed by atoms with van der Waals surface area (Å²) >= 11 is 7.18. The molecule has 2 saturated heterocycles. The number of thiazole rings is 1. The fourth-order valence-corrected chi connectivity index (χ4v) is 4.78. The summed E-state index contributed by atoms with van der Waals surface area (Å²) < 4.78 is 12.0. The van der Waals surface area contributed by atoms with Crippen molar-refractivity contribution in [2.75, 3.05) is 75.9 Å². The molecule has 0 atom stereocenters. The summed E-state index contributed by atoms with van der Waals surface area (Å²) in [6.45, 7) is 9.41. The Balaban J connectivity index is 1.26. The van der Waals surface area contributed by atoms with Crippen LogP contribution in [0, 0.1) is 0 Å². The van der Waals surface area contributed by atoms with Gasteiger partial charge >= 0.3 is 0 Å². The molecule has 2 aliphatic heterocycles. The second kappa shape index (κ2) is 9.80. The number of hydrogen-bond acceptors (Lipinski definition) is 6. The van der Waals surface area contributed by atoms with Gasteiger partial charge in [0.2, 0.25) is 0 Å². The number of nitrogens with one attached hydrogen (secondary N) is 3. The van der Waals surface area contributed by atoms with Gasteiger partial charge in [-0.05, 0) is 30.4 Å². The summed E-state index contributed by atoms with van der Waals surface area (Å²) in [5.74, 6) is 0. The molecule has 152 valence electrons. The first-order valence-electron chi connectivity index (χ1n) is 9.97. The zero-order valence-corrected chi connectivity index (χ0v) is 17.7. The maximum Gasteiger partial charge on any atom is 0.186 e. The van der Waals surface area contributed by atoms with Crippen LogP contribution in [0.25, 0.3) is 10.2 Å². The number of thiocarbonyl (C=S) groups is 1. The number of nitrogens with zero attached hydrogens (tertiary/aromatic N) is 2. The Morgan fingerprint density at radius 1 is 1.18 bits per heavy atom. The number of hydrogen-bond donors (Lipinski definition) is 3. The van der Waals surface area contributed by atoms with E-state index in [4.69, 9.17) is 26.7 Å². The minimum Gasteiger partial charge on any atom is -0.378 e. The quantitative estimate of drug-likeness (QED) is 0.468. The maximum atomic E-state index is 5.45. The van der Waals surface area contributed by atoms with Crippen LogP contribution >= 0.6 is 23.6 Å². The second-order valence-corrected chi connectivity index (χ2v) is 8.54. The molecule has 2 aliphatic rings. The van der Waals surface area contributed by atoms with Crippen molar-refractivity contribution in [2.45, 2.75) is 6.42 Å². The fraction of sp³-hybridized carbons (Fsp3) is 0.579. The molecule has 2 fully saturated rings. The van der Waals surface area contributed by atoms with Crippen molar-refractivity contribution >= 4 is 49.7 Å². The molecule has 28 heavy (non-hydrogen) atoms. The topological polar surface area (TPSA) is 63.1 Å². The van der Waals surface area contributed by atoms with Gasteiger partial charge in [0.15, 0.2) is 10.2 Å². The number of benzene rings is 1. The molecule has 0 amide bonds. The van der Waals surface area contributed by atoms with Crippen LogP contribution in [0.1, 0.15) is 6.42 Å². The van der Waals surface area contributed by atoms with E-state index in [1.54, 1.807) is 16.2 Å². The number of quaternary nitrogens is 1. The molecular weight excluding hydrogens is 394 g/mol. The summed E-state index contributed by atoms with van der Waals surface area (Å²) in [5, 5.41) is 8.36. The Morgan fingerprint density at radius 2 is 1.96 bits per heavy atom. The van der Waals surface area contributed by atoms with E-state index in [2.05, 4.69) is 27.7 Å². The first-order chi connectivity index (χ1) is 13.8. The lowest BCUT2D eigenvalue weighted by molar-refractivity contribution is -0.908. The normalized spacial score (nSPS) is 18.4. The van der Waals surface area contributed by atoms with Crippen molar-refractivity contribution < 1.29 is 14.4 Å². The van der Waals surface area contributed by atoms with Gasteiger partial charge in [0.25, 0.3) is 0 Å². The average Bonchev–Trinajstić information content (AvgIpc) is 3.16. The van der Waals surface area contributed by atoms with Crippen molar-refractivity contribution in [3.63, 3.8) is 0 Å². The lowest BCUT2D eigenvalue weighted by Crippen LogP contribution is -3.14. The van der Waals surface area contributed by atoms with Crippen molar-refractivity contribution in [3.8, 4) is 0 Å². The lowest BCUT2D eigenvalue weighted by Gasteiger charge is -2.25. The SMILES string of the molecule is S=C(NCCC[NH+]1CCOCC1)Nc1ccc2nc(N3CCOCC3)sc2c1. The molecule has 7 nitrogen and oxygen atoms in total. The van der Waals surface area contributed by atoms with Crippen LogP contribution in [0.4, 0.5) is 10.8 Å². The van der Waals surface area contributed by atoms with E-state index in [1.807, 2.05) is 6.07 Å². The van der Waals surface area contributed by atoms with E-state index in [-0.39, 0.29) is 0 Å². The molecule has 0 bridgehead atoms. The Bertz CT molecular complexity index is 788. The Morgan fingerprint density at radius 3 is 2.79 bits per heavy atom. The van der Waals surface area contributed by atoms with Crippen LogP contribution in [0.5, 0.6) is 0 Å². The first-order valence-corrected chi connectivity index (χ1v) is 11.2. The molecule has 0 unspecified atom stereocenters. The number of fused-ring (bicyclic) bond motifs is 1. The first kappa shape index (κ1) is 19.8. The average molecular weight is 423 g/mol. The van der Waals surface area contributed by atoms with Crippen LogP contribution in [0.15, 0.2) is 18.2 Å². The number of anilines is 2. The predicted molar refractivity (Wildman–Crippen MR) is 118 cm³/mol. The standard InChI is InChI=1S/C19H27N5O2S2/c27-18(20-4-1-5-23-6-10-25-11-7-23)21-15-2-3-16-17(14-15)28-19(22-16)24-8-12-26-13-9-24/h2-3,14H,1,4-13H2,(H2,20,21,27)/p+1. The van der Waals surface area contributed by atoms with Gasteiger partial charge in [0, 0.05) is 31.7 Å². The Labute approximate surface area is 175 Å². The van der Waals surface area contributed by atoms with Gasteiger partial charge in [-0.25, -0.2) is 4.98 Å². The van der Waals surface area contributed by atoms with E-state index in [0.717, 1.165) is 88.5 Å². The predicted octanol–water partition coefficient (Wildman–Crippen LogP) is 0.725. The van der Waals surface area contributed by atoms with Gasteiger partial charge < -0.3 is 29.9 Å². The van der Waals surface area contributed by atoms with E-state index < -0.39 is 0 Å². The van der Waals surface area contributed by atoms with Crippen molar-refractivity contribution in [1.29, 1.82) is 0 Å². The van der Waals surface area contributed by atoms with Gasteiger partial charge in [-0.15, -0.1) is 0 Å². The zero-order valence-electron chi connectivity index (χ0n) is 16.0. The number of aromatic nitrogens is 1. The minimum absolute atomic E-state index is 0.675. The van der Waals surface area contributed by atoms with Gasteiger partial charge in [-0.1, -0.05) is 11.3 Å². The van der Waals surface area contributed by atoms with Crippen molar-refractivity contribution in [3.05, 3.63) is 18.2 Å². The maximum absolute atomic E-state index is 5.45. The van der Waals surface area contributed by atoms with Crippen LogP contribution in [0.3, 0.4) is 0 Å². The molecule has 3 N–H and O–H groups in total. The molecule has 0 radical (unpaired) electrons. The Hall–Kier alpha value is -1.52. The highest BCUT2D eigenvalue weighted by atomic mass is 32.1. The molecule has 3 heterocycles. The summed E-state index contributed by atoms with van der Waals surface area (Å²) in [5.41, 5.74) is 2.03. The van der Waals surface area contributed by atoms with Gasteiger partial charge in [-0.3, -0.25) is 0 Å². The number of rotatable bonds is 6. The summed E-state index contributed by atoms with van der Waals surface area (Å²) in [4.78, 5) is 8.68. The summed E-state index contributed by atoms with van der Waals surface area (Å²) in [6.07, 6.45) is 1.11. The van der Waals surface area contributed by atoms with E-state index in [0.29, 0.717) is 5.11 Å². The van der Waals surface area contributed by atoms with E-state index >= 15 is 0 Å². The third-order valence-corrected chi connectivity index (χ3v) is 6.43. The summed E-state index contributed by atoms with van der Waals surface area (Å²) in [7, 11) is 0. The van der Waals surface area contributed by atoms with E-state index in [1.165, 1.54) is 4.70 Å². The molecule has 9 heteroatoms. The van der Waals surface area contributed by atoms with Crippen LogP contribution in [0.2, 0.25) is 0 Å². The van der Waals surface area contributed by atoms with Crippen LogP contribution < -0.4 is 20.4 Å². The molecule has 1 aromatic heterocycles. The molecular formula is C19H28N5O2S2+. The molecule has 1 aromatic carbocycles. The molecule has 4 rings (SSSR count). The third kappa shape index (κ3) is 5.30. The molecule has 2 aromatic rings. The Kier molecular flexibility index (Phi) is 6.92. The highest BCUT2D eigenvalue weighted by Gasteiger charge is 2.16. The molecule has 0 saturated carbocycles. The monoisotopic (exact) mass is 422 g/mol. The highest BCUT2D eigenvalue weighted by Crippen LogP contribution is 2.31. The fourth-order valence-electron chi connectivity index (χ4n) is 3.51.